The fourth-order valence-corrected chi connectivity index (χ4v) is 3.90. The lowest BCUT2D eigenvalue weighted by Gasteiger charge is -2.09. The topological polar surface area (TPSA) is 89.5 Å². The number of esters is 1. The van der Waals surface area contributed by atoms with E-state index in [9.17, 15) is 18.0 Å². The SMILES string of the molecule is Cc1cc(C)c(C(=O)COC(=O)c2ccc(CCNS(C)(=O)=O)s2)cc1C. The molecular weight excluding hydrogens is 386 g/mol. The van der Waals surface area contributed by atoms with Crippen LogP contribution in [0.15, 0.2) is 24.3 Å². The summed E-state index contributed by atoms with van der Waals surface area (Å²) in [5.74, 6) is -0.796. The van der Waals surface area contributed by atoms with Gasteiger partial charge < -0.3 is 4.74 Å². The molecule has 0 bridgehead atoms. The number of benzene rings is 1. The first-order valence-electron chi connectivity index (χ1n) is 8.38. The van der Waals surface area contributed by atoms with E-state index >= 15 is 0 Å². The van der Waals surface area contributed by atoms with Gasteiger partial charge in [0.15, 0.2) is 6.61 Å². The second-order valence-corrected chi connectivity index (χ2v) is 9.43. The highest BCUT2D eigenvalue weighted by molar-refractivity contribution is 7.88. The van der Waals surface area contributed by atoms with Crippen molar-refractivity contribution in [2.24, 2.45) is 0 Å². The Hall–Kier alpha value is -2.03. The Bertz CT molecular complexity index is 960. The Labute approximate surface area is 163 Å². The van der Waals surface area contributed by atoms with Crippen molar-refractivity contribution in [3.05, 3.63) is 56.3 Å². The first kappa shape index (κ1) is 21.3. The zero-order valence-corrected chi connectivity index (χ0v) is 17.4. The third kappa shape index (κ3) is 6.27. The van der Waals surface area contributed by atoms with Crippen molar-refractivity contribution < 1.29 is 22.7 Å². The Morgan fingerprint density at radius 1 is 1.07 bits per heavy atom. The summed E-state index contributed by atoms with van der Waals surface area (Å²) < 4.78 is 29.7. The molecule has 1 N–H and O–H groups in total. The van der Waals surface area contributed by atoms with Crippen molar-refractivity contribution in [2.75, 3.05) is 19.4 Å². The van der Waals surface area contributed by atoms with Crippen molar-refractivity contribution in [1.29, 1.82) is 0 Å². The lowest BCUT2D eigenvalue weighted by molar-refractivity contribution is 0.0479. The summed E-state index contributed by atoms with van der Waals surface area (Å²) >= 11 is 1.23. The van der Waals surface area contributed by atoms with E-state index in [0.717, 1.165) is 27.8 Å². The van der Waals surface area contributed by atoms with Gasteiger partial charge in [-0.15, -0.1) is 11.3 Å². The molecule has 0 amide bonds. The van der Waals surface area contributed by atoms with Crippen LogP contribution in [0, 0.1) is 20.8 Å². The highest BCUT2D eigenvalue weighted by Gasteiger charge is 2.16. The predicted octanol–water partition coefficient (Wildman–Crippen LogP) is 2.80. The second-order valence-electron chi connectivity index (χ2n) is 6.43. The van der Waals surface area contributed by atoms with Crippen LogP contribution in [0.5, 0.6) is 0 Å². The molecule has 146 valence electrons. The molecule has 27 heavy (non-hydrogen) atoms. The van der Waals surface area contributed by atoms with Crippen LogP contribution in [0.3, 0.4) is 0 Å². The molecule has 0 unspecified atom stereocenters. The van der Waals surface area contributed by atoms with Gasteiger partial charge in [-0.25, -0.2) is 17.9 Å². The molecule has 0 fully saturated rings. The minimum atomic E-state index is -3.23. The lowest BCUT2D eigenvalue weighted by Crippen LogP contribution is -2.24. The number of carbonyl (C=O) groups excluding carboxylic acids is 2. The Kier molecular flexibility index (Phi) is 6.91. The molecule has 1 aromatic carbocycles. The number of rotatable bonds is 8. The number of nitrogens with one attached hydrogen (secondary N) is 1. The lowest BCUT2D eigenvalue weighted by atomic mass is 9.98. The number of carbonyl (C=O) groups is 2. The van der Waals surface area contributed by atoms with Crippen LogP contribution in [-0.4, -0.2) is 39.6 Å². The van der Waals surface area contributed by atoms with Crippen molar-refractivity contribution in [3.8, 4) is 0 Å². The minimum Gasteiger partial charge on any atom is -0.453 e. The maximum Gasteiger partial charge on any atom is 0.348 e. The molecule has 0 aliphatic heterocycles. The number of ether oxygens (including phenoxy) is 1. The van der Waals surface area contributed by atoms with Gasteiger partial charge in [0.1, 0.15) is 4.88 Å². The molecule has 0 radical (unpaired) electrons. The number of aryl methyl sites for hydroxylation is 3. The summed E-state index contributed by atoms with van der Waals surface area (Å²) in [6, 6.07) is 7.13. The van der Waals surface area contributed by atoms with Gasteiger partial charge in [0, 0.05) is 17.0 Å². The van der Waals surface area contributed by atoms with Crippen LogP contribution in [0.2, 0.25) is 0 Å². The van der Waals surface area contributed by atoms with E-state index in [2.05, 4.69) is 4.72 Å². The molecule has 8 heteroatoms. The van der Waals surface area contributed by atoms with E-state index in [0.29, 0.717) is 16.9 Å². The van der Waals surface area contributed by atoms with Gasteiger partial charge in [-0.2, -0.15) is 0 Å². The summed E-state index contributed by atoms with van der Waals surface area (Å²) in [6.07, 6.45) is 1.57. The van der Waals surface area contributed by atoms with E-state index in [4.69, 9.17) is 4.74 Å². The van der Waals surface area contributed by atoms with Crippen LogP contribution >= 0.6 is 11.3 Å². The summed E-state index contributed by atoms with van der Waals surface area (Å²) in [4.78, 5) is 25.8. The average Bonchev–Trinajstić information content (AvgIpc) is 3.03. The molecule has 0 spiro atoms. The van der Waals surface area contributed by atoms with Crippen molar-refractivity contribution in [2.45, 2.75) is 27.2 Å². The van der Waals surface area contributed by atoms with Gasteiger partial charge in [-0.3, -0.25) is 4.79 Å². The first-order chi connectivity index (χ1) is 12.6. The zero-order valence-electron chi connectivity index (χ0n) is 15.8. The number of hydrogen-bond donors (Lipinski definition) is 1. The average molecular weight is 410 g/mol. The Balaban J connectivity index is 1.92. The van der Waals surface area contributed by atoms with E-state index in [1.165, 1.54) is 11.3 Å². The molecule has 0 saturated heterocycles. The maximum absolute atomic E-state index is 12.4. The summed E-state index contributed by atoms with van der Waals surface area (Å²) in [5.41, 5.74) is 3.54. The van der Waals surface area contributed by atoms with Crippen LogP contribution < -0.4 is 4.72 Å². The fourth-order valence-electron chi connectivity index (χ4n) is 2.52. The summed E-state index contributed by atoms with van der Waals surface area (Å²) in [7, 11) is -3.23. The van der Waals surface area contributed by atoms with E-state index in [-0.39, 0.29) is 18.9 Å². The monoisotopic (exact) mass is 409 g/mol. The molecule has 6 nitrogen and oxygen atoms in total. The third-order valence-corrected chi connectivity index (χ3v) is 5.93. The fraction of sp³-hybridized carbons (Fsp3) is 0.368. The van der Waals surface area contributed by atoms with Gasteiger partial charge in [-0.1, -0.05) is 6.07 Å². The van der Waals surface area contributed by atoms with Gasteiger partial charge in [0.25, 0.3) is 0 Å². The predicted molar refractivity (Wildman–Crippen MR) is 106 cm³/mol. The normalized spacial score (nSPS) is 11.4. The number of Topliss-reactive ketones (excluding diaryl/α,β-unsaturated/α-hetero) is 1. The standard InChI is InChI=1S/C19H23NO5S2/c1-12-9-14(3)16(10-13(12)2)17(21)11-25-19(22)18-6-5-15(26-18)7-8-20-27(4,23)24/h5-6,9-10,20H,7-8,11H2,1-4H3. The van der Waals surface area contributed by atoms with E-state index < -0.39 is 16.0 Å². The van der Waals surface area contributed by atoms with Gasteiger partial charge in [0.05, 0.1) is 6.26 Å². The second kappa shape index (κ2) is 8.77. The molecule has 2 rings (SSSR count). The molecule has 1 heterocycles. The first-order valence-corrected chi connectivity index (χ1v) is 11.1. The van der Waals surface area contributed by atoms with Crippen LogP contribution in [0.25, 0.3) is 0 Å². The number of sulfonamides is 1. The molecular formula is C19H23NO5S2. The molecule has 0 atom stereocenters. The molecule has 1 aromatic heterocycles. The van der Waals surface area contributed by atoms with E-state index in [1.54, 1.807) is 12.1 Å². The number of hydrogen-bond acceptors (Lipinski definition) is 6. The minimum absolute atomic E-state index is 0.238. The highest BCUT2D eigenvalue weighted by atomic mass is 32.2. The number of thiophene rings is 1. The highest BCUT2D eigenvalue weighted by Crippen LogP contribution is 2.19. The third-order valence-electron chi connectivity index (χ3n) is 4.07. The molecule has 0 aliphatic rings. The maximum atomic E-state index is 12.4. The zero-order chi connectivity index (χ0) is 20.2. The molecule has 0 aliphatic carbocycles. The largest absolute Gasteiger partial charge is 0.453 e. The van der Waals surface area contributed by atoms with Gasteiger partial charge in [-0.05, 0) is 62.1 Å². The number of ketones is 1. The van der Waals surface area contributed by atoms with Crippen LogP contribution in [0.1, 0.15) is 41.6 Å². The van der Waals surface area contributed by atoms with Crippen molar-refractivity contribution in [1.82, 2.24) is 4.72 Å². The van der Waals surface area contributed by atoms with E-state index in [1.807, 2.05) is 32.9 Å². The Morgan fingerprint density at radius 2 is 1.74 bits per heavy atom. The quantitative estimate of drug-likeness (QED) is 0.535. The van der Waals surface area contributed by atoms with Crippen LogP contribution in [0.4, 0.5) is 0 Å². The van der Waals surface area contributed by atoms with Crippen LogP contribution in [-0.2, 0) is 21.2 Å². The van der Waals surface area contributed by atoms with Gasteiger partial charge in [0.2, 0.25) is 15.8 Å². The smallest absolute Gasteiger partial charge is 0.348 e. The van der Waals surface area contributed by atoms with Gasteiger partial charge >= 0.3 is 5.97 Å². The van der Waals surface area contributed by atoms with Crippen molar-refractivity contribution in [3.63, 3.8) is 0 Å². The van der Waals surface area contributed by atoms with Crippen molar-refractivity contribution >= 4 is 33.1 Å². The molecule has 0 saturated carbocycles. The summed E-state index contributed by atoms with van der Waals surface area (Å²) in [5, 5.41) is 0. The molecule has 2 aromatic rings. The summed E-state index contributed by atoms with van der Waals surface area (Å²) in [6.45, 7) is 5.72. The Morgan fingerprint density at radius 3 is 2.41 bits per heavy atom.